The number of nitrogens with one attached hydrogen (secondary N) is 1. The predicted octanol–water partition coefficient (Wildman–Crippen LogP) is 1.60. The van der Waals surface area contributed by atoms with Gasteiger partial charge < -0.3 is 10.2 Å². The first-order valence-corrected chi connectivity index (χ1v) is 6.56. The normalized spacial score (nSPS) is 24.4. The molecule has 2 aliphatic heterocycles. The van der Waals surface area contributed by atoms with Crippen LogP contribution in [0.5, 0.6) is 0 Å². The highest BCUT2D eigenvalue weighted by molar-refractivity contribution is 5.92. The van der Waals surface area contributed by atoms with Crippen LogP contribution >= 0.6 is 24.8 Å². The number of fused-ring (bicyclic) bond motifs is 2. The topological polar surface area (TPSA) is 58.1 Å². The summed E-state index contributed by atoms with van der Waals surface area (Å²) in [4.78, 5) is 22.6. The van der Waals surface area contributed by atoms with Gasteiger partial charge in [-0.2, -0.15) is 0 Å². The van der Waals surface area contributed by atoms with Crippen LogP contribution in [0.25, 0.3) is 0 Å². The van der Waals surface area contributed by atoms with Crippen molar-refractivity contribution in [3.05, 3.63) is 23.8 Å². The highest BCUT2D eigenvalue weighted by Gasteiger charge is 2.31. The second-order valence-corrected chi connectivity index (χ2v) is 5.22. The molecule has 7 heteroatoms. The maximum absolute atomic E-state index is 12.3. The number of hydrogen-bond donors (Lipinski definition) is 1. The van der Waals surface area contributed by atoms with Gasteiger partial charge in [-0.25, -0.2) is 4.98 Å². The van der Waals surface area contributed by atoms with Crippen molar-refractivity contribution in [1.82, 2.24) is 20.2 Å². The lowest BCUT2D eigenvalue weighted by Crippen LogP contribution is -2.39. The van der Waals surface area contributed by atoms with Gasteiger partial charge in [-0.15, -0.1) is 24.8 Å². The van der Waals surface area contributed by atoms with E-state index >= 15 is 0 Å². The Morgan fingerprint density at radius 3 is 2.65 bits per heavy atom. The summed E-state index contributed by atoms with van der Waals surface area (Å²) in [6.07, 6.45) is 6.69. The van der Waals surface area contributed by atoms with Crippen LogP contribution in [0.4, 0.5) is 0 Å². The van der Waals surface area contributed by atoms with Gasteiger partial charge in [-0.05, 0) is 26.2 Å². The summed E-state index contributed by atoms with van der Waals surface area (Å²) in [7, 11) is 0. The van der Waals surface area contributed by atoms with Gasteiger partial charge >= 0.3 is 0 Å². The number of carbonyl (C=O) groups is 1. The SMILES string of the molecule is Cc1cnc(C(=O)N2CCC3CCC(C2)N3)cn1.Cl.Cl. The summed E-state index contributed by atoms with van der Waals surface area (Å²) in [5.41, 5.74) is 1.29. The summed E-state index contributed by atoms with van der Waals surface area (Å²) in [5.74, 6) is 0.0110. The van der Waals surface area contributed by atoms with Gasteiger partial charge in [-0.3, -0.25) is 9.78 Å². The maximum Gasteiger partial charge on any atom is 0.274 e. The van der Waals surface area contributed by atoms with Crippen molar-refractivity contribution in [1.29, 1.82) is 0 Å². The number of nitrogens with zero attached hydrogens (tertiary/aromatic N) is 3. The van der Waals surface area contributed by atoms with Crippen molar-refractivity contribution in [3.8, 4) is 0 Å². The van der Waals surface area contributed by atoms with Crippen molar-refractivity contribution >= 4 is 30.7 Å². The second kappa shape index (κ2) is 7.20. The van der Waals surface area contributed by atoms with Crippen molar-refractivity contribution < 1.29 is 4.79 Å². The van der Waals surface area contributed by atoms with Crippen LogP contribution < -0.4 is 5.32 Å². The number of halogens is 2. The largest absolute Gasteiger partial charge is 0.336 e. The first-order chi connectivity index (χ1) is 8.72. The van der Waals surface area contributed by atoms with Crippen molar-refractivity contribution in [2.24, 2.45) is 0 Å². The smallest absolute Gasteiger partial charge is 0.274 e. The second-order valence-electron chi connectivity index (χ2n) is 5.22. The van der Waals surface area contributed by atoms with Gasteiger partial charge in [0.25, 0.3) is 5.91 Å². The molecule has 2 atom stereocenters. The summed E-state index contributed by atoms with van der Waals surface area (Å²) in [6.45, 7) is 3.49. The van der Waals surface area contributed by atoms with E-state index in [4.69, 9.17) is 0 Å². The fourth-order valence-corrected chi connectivity index (χ4v) is 2.79. The standard InChI is InChI=1S/C13H18N4O.2ClH/c1-9-6-15-12(7-14-9)13(18)17-5-4-10-2-3-11(8-17)16-10;;/h6-7,10-11,16H,2-5,8H2,1H3;2*1H. The van der Waals surface area contributed by atoms with Crippen LogP contribution in [0.3, 0.4) is 0 Å². The van der Waals surface area contributed by atoms with Gasteiger partial charge in [0, 0.05) is 31.4 Å². The quantitative estimate of drug-likeness (QED) is 0.854. The Balaban J connectivity index is 0.000001000. The third kappa shape index (κ3) is 3.59. The molecule has 1 aromatic heterocycles. The molecule has 3 heterocycles. The zero-order chi connectivity index (χ0) is 12.5. The molecule has 1 amide bonds. The van der Waals surface area contributed by atoms with E-state index in [1.807, 2.05) is 11.8 Å². The van der Waals surface area contributed by atoms with E-state index < -0.39 is 0 Å². The van der Waals surface area contributed by atoms with E-state index in [1.54, 1.807) is 12.4 Å². The zero-order valence-electron chi connectivity index (χ0n) is 11.4. The third-order valence-electron chi connectivity index (χ3n) is 3.81. The molecule has 0 radical (unpaired) electrons. The minimum atomic E-state index is 0. The molecule has 5 nitrogen and oxygen atoms in total. The Labute approximate surface area is 131 Å². The molecule has 20 heavy (non-hydrogen) atoms. The number of rotatable bonds is 1. The van der Waals surface area contributed by atoms with E-state index in [0.717, 1.165) is 25.2 Å². The molecule has 112 valence electrons. The number of amides is 1. The number of aryl methyl sites for hydroxylation is 1. The highest BCUT2D eigenvalue weighted by atomic mass is 35.5. The van der Waals surface area contributed by atoms with Gasteiger partial charge in [0.05, 0.1) is 11.9 Å². The molecule has 2 unspecified atom stereocenters. The Hall–Kier alpha value is -0.910. The van der Waals surface area contributed by atoms with E-state index in [2.05, 4.69) is 15.3 Å². The zero-order valence-corrected chi connectivity index (χ0v) is 13.0. The van der Waals surface area contributed by atoms with Crippen LogP contribution in [-0.4, -0.2) is 45.9 Å². The van der Waals surface area contributed by atoms with Gasteiger partial charge in [-0.1, -0.05) is 0 Å². The summed E-state index contributed by atoms with van der Waals surface area (Å²) in [5, 5.41) is 3.57. The minimum absolute atomic E-state index is 0. The Morgan fingerprint density at radius 1 is 1.20 bits per heavy atom. The Morgan fingerprint density at radius 2 is 1.95 bits per heavy atom. The molecule has 2 saturated heterocycles. The van der Waals surface area contributed by atoms with Crippen LogP contribution in [0, 0.1) is 6.92 Å². The first-order valence-electron chi connectivity index (χ1n) is 6.56. The predicted molar refractivity (Wildman–Crippen MR) is 81.7 cm³/mol. The molecule has 0 spiro atoms. The molecule has 1 aromatic rings. The van der Waals surface area contributed by atoms with E-state index in [9.17, 15) is 4.79 Å². The van der Waals surface area contributed by atoms with Crippen molar-refractivity contribution in [2.45, 2.75) is 38.3 Å². The summed E-state index contributed by atoms with van der Waals surface area (Å²) in [6, 6.07) is 1.05. The number of hydrogen-bond acceptors (Lipinski definition) is 4. The fraction of sp³-hybridized carbons (Fsp3) is 0.615. The molecule has 2 fully saturated rings. The van der Waals surface area contributed by atoms with Crippen molar-refractivity contribution in [2.75, 3.05) is 13.1 Å². The number of likely N-dealkylation sites (tertiary alicyclic amines) is 1. The van der Waals surface area contributed by atoms with Crippen LogP contribution in [-0.2, 0) is 0 Å². The number of carbonyl (C=O) groups excluding carboxylic acids is 1. The molecule has 2 bridgehead atoms. The fourth-order valence-electron chi connectivity index (χ4n) is 2.79. The Kier molecular flexibility index (Phi) is 6.17. The lowest BCUT2D eigenvalue weighted by atomic mass is 10.1. The molecule has 3 rings (SSSR count). The molecule has 0 aliphatic carbocycles. The van der Waals surface area contributed by atoms with E-state index in [0.29, 0.717) is 17.8 Å². The van der Waals surface area contributed by atoms with E-state index in [-0.39, 0.29) is 30.7 Å². The third-order valence-corrected chi connectivity index (χ3v) is 3.81. The molecular formula is C13H20Cl2N4O. The Bertz CT molecular complexity index is 454. The summed E-state index contributed by atoms with van der Waals surface area (Å²) >= 11 is 0. The highest BCUT2D eigenvalue weighted by Crippen LogP contribution is 2.21. The van der Waals surface area contributed by atoms with Crippen LogP contribution in [0.15, 0.2) is 12.4 Å². The lowest BCUT2D eigenvalue weighted by molar-refractivity contribution is 0.0741. The van der Waals surface area contributed by atoms with Crippen LogP contribution in [0.2, 0.25) is 0 Å². The molecule has 2 aliphatic rings. The van der Waals surface area contributed by atoms with Gasteiger partial charge in [0.1, 0.15) is 5.69 Å². The van der Waals surface area contributed by atoms with E-state index in [1.165, 1.54) is 12.8 Å². The van der Waals surface area contributed by atoms with Gasteiger partial charge in [0.2, 0.25) is 0 Å². The average Bonchev–Trinajstić information content (AvgIpc) is 2.69. The first kappa shape index (κ1) is 17.1. The lowest BCUT2D eigenvalue weighted by Gasteiger charge is -2.23. The molecule has 1 N–H and O–H groups in total. The van der Waals surface area contributed by atoms with Crippen molar-refractivity contribution in [3.63, 3.8) is 0 Å². The minimum Gasteiger partial charge on any atom is -0.336 e. The number of aromatic nitrogens is 2. The monoisotopic (exact) mass is 318 g/mol. The maximum atomic E-state index is 12.3. The molecule has 0 saturated carbocycles. The summed E-state index contributed by atoms with van der Waals surface area (Å²) < 4.78 is 0. The average molecular weight is 319 g/mol. The molecule has 0 aromatic carbocycles. The van der Waals surface area contributed by atoms with Gasteiger partial charge in [0.15, 0.2) is 0 Å². The van der Waals surface area contributed by atoms with Crippen LogP contribution in [0.1, 0.15) is 35.4 Å². The molecular weight excluding hydrogens is 299 g/mol.